The second-order valence-corrected chi connectivity index (χ2v) is 5.03. The van der Waals surface area contributed by atoms with E-state index in [1.54, 1.807) is 18.3 Å². The van der Waals surface area contributed by atoms with Gasteiger partial charge in [-0.25, -0.2) is 4.09 Å². The Kier molecular flexibility index (Phi) is 5.06. The molecule has 0 fully saturated rings. The number of nitrogens with zero attached hydrogens (tertiary/aromatic N) is 2. The lowest BCUT2D eigenvalue weighted by molar-refractivity contribution is 0.222. The fraction of sp³-hybridized carbons (Fsp3) is 0.125. The number of benzene rings is 1. The lowest BCUT2D eigenvalue weighted by Crippen LogP contribution is -2.11. The molecule has 114 valence electrons. The van der Waals surface area contributed by atoms with E-state index in [1.165, 1.54) is 6.07 Å². The van der Waals surface area contributed by atoms with Gasteiger partial charge in [-0.2, -0.15) is 0 Å². The zero-order valence-electron chi connectivity index (χ0n) is 11.8. The fourth-order valence-electron chi connectivity index (χ4n) is 2.13. The first-order valence-corrected chi connectivity index (χ1v) is 6.88. The van der Waals surface area contributed by atoms with Gasteiger partial charge in [0.2, 0.25) is 0 Å². The second-order valence-electron chi connectivity index (χ2n) is 4.69. The first-order valence-electron chi connectivity index (χ1n) is 6.55. The molecular weight excluding hydrogens is 323 g/mol. The molecule has 22 heavy (non-hydrogen) atoms. The molecule has 0 bridgehead atoms. The van der Waals surface area contributed by atoms with E-state index in [9.17, 15) is 4.79 Å². The topological polar surface area (TPSA) is 44.1 Å². The average Bonchev–Trinajstić information content (AvgIpc) is 2.52. The predicted octanol–water partition coefficient (Wildman–Crippen LogP) is 3.96. The minimum atomic E-state index is -0.265. The predicted molar refractivity (Wildman–Crippen MR) is 90.0 cm³/mol. The number of halogens is 2. The van der Waals surface area contributed by atoms with E-state index in [0.29, 0.717) is 11.3 Å². The number of aromatic nitrogens is 2. The van der Waals surface area contributed by atoms with E-state index in [-0.39, 0.29) is 24.1 Å². The lowest BCUT2D eigenvalue weighted by atomic mass is 10.2. The zero-order valence-corrected chi connectivity index (χ0v) is 13.3. The third kappa shape index (κ3) is 3.24. The van der Waals surface area contributed by atoms with E-state index in [4.69, 9.17) is 16.5 Å². The van der Waals surface area contributed by atoms with Gasteiger partial charge in [0.25, 0.3) is 5.56 Å². The average molecular weight is 337 g/mol. The molecular formula is C16H14Cl2N2O2. The van der Waals surface area contributed by atoms with Gasteiger partial charge in [-0.3, -0.25) is 9.78 Å². The van der Waals surface area contributed by atoms with Crippen molar-refractivity contribution in [3.05, 3.63) is 70.8 Å². The maximum Gasteiger partial charge on any atom is 0.265 e. The third-order valence-corrected chi connectivity index (χ3v) is 3.58. The van der Waals surface area contributed by atoms with Crippen molar-refractivity contribution in [2.24, 2.45) is 0 Å². The lowest BCUT2D eigenvalue weighted by Gasteiger charge is -2.14. The Morgan fingerprint density at radius 2 is 1.95 bits per heavy atom. The van der Waals surface area contributed by atoms with Gasteiger partial charge in [0.1, 0.15) is 11.9 Å². The Bertz CT molecular complexity index is 834. The Balaban J connectivity index is 0.00000176. The zero-order chi connectivity index (χ0) is 14.8. The van der Waals surface area contributed by atoms with Crippen LogP contribution < -0.4 is 10.3 Å². The van der Waals surface area contributed by atoms with Crippen LogP contribution in [0.2, 0.25) is 0 Å². The van der Waals surface area contributed by atoms with E-state index in [0.717, 1.165) is 15.2 Å². The standard InChI is InChI=1S/C16H13ClN2O2.ClH/c1-11(14-4-2-3-9-18-14)21-13-7-5-12-6-8-16(20)19(17)15(12)10-13;/h2-11H,1H3;1H/t11-;/m1./s1. The van der Waals surface area contributed by atoms with Gasteiger partial charge in [-0.1, -0.05) is 6.07 Å². The Labute approximate surface area is 138 Å². The van der Waals surface area contributed by atoms with Crippen molar-refractivity contribution in [3.63, 3.8) is 0 Å². The van der Waals surface area contributed by atoms with Crippen LogP contribution in [0.15, 0.2) is 59.5 Å². The molecule has 0 aliphatic heterocycles. The van der Waals surface area contributed by atoms with E-state index < -0.39 is 0 Å². The van der Waals surface area contributed by atoms with Crippen LogP contribution in [-0.2, 0) is 0 Å². The molecule has 1 atom stereocenters. The van der Waals surface area contributed by atoms with Crippen LogP contribution in [0.3, 0.4) is 0 Å². The highest BCUT2D eigenvalue weighted by atomic mass is 35.5. The highest BCUT2D eigenvalue weighted by molar-refractivity contribution is 6.18. The molecule has 0 aliphatic carbocycles. The molecule has 0 saturated heterocycles. The summed E-state index contributed by atoms with van der Waals surface area (Å²) in [7, 11) is 0. The fourth-order valence-corrected chi connectivity index (χ4v) is 2.34. The molecule has 3 rings (SSSR count). The molecule has 6 heteroatoms. The summed E-state index contributed by atoms with van der Waals surface area (Å²) >= 11 is 5.99. The van der Waals surface area contributed by atoms with Crippen LogP contribution in [-0.4, -0.2) is 9.07 Å². The van der Waals surface area contributed by atoms with Gasteiger partial charge in [-0.15, -0.1) is 12.4 Å². The summed E-state index contributed by atoms with van der Waals surface area (Å²) in [6.45, 7) is 1.92. The van der Waals surface area contributed by atoms with Crippen LogP contribution in [0.25, 0.3) is 10.9 Å². The van der Waals surface area contributed by atoms with E-state index in [1.807, 2.05) is 37.3 Å². The molecule has 0 radical (unpaired) electrons. The van der Waals surface area contributed by atoms with Gasteiger partial charge in [0.15, 0.2) is 0 Å². The van der Waals surface area contributed by atoms with Crippen LogP contribution in [0.1, 0.15) is 18.7 Å². The highest BCUT2D eigenvalue weighted by Gasteiger charge is 2.09. The van der Waals surface area contributed by atoms with Gasteiger partial charge >= 0.3 is 0 Å². The van der Waals surface area contributed by atoms with Gasteiger partial charge in [0, 0.05) is 35.5 Å². The minimum absolute atomic E-state index is 0. The Morgan fingerprint density at radius 1 is 1.18 bits per heavy atom. The Morgan fingerprint density at radius 3 is 2.68 bits per heavy atom. The summed E-state index contributed by atoms with van der Waals surface area (Å²) in [6.07, 6.45) is 1.54. The highest BCUT2D eigenvalue weighted by Crippen LogP contribution is 2.24. The molecule has 0 N–H and O–H groups in total. The van der Waals surface area contributed by atoms with E-state index >= 15 is 0 Å². The number of ether oxygens (including phenoxy) is 1. The molecule has 1 aromatic carbocycles. The van der Waals surface area contributed by atoms with Gasteiger partial charge < -0.3 is 4.74 Å². The van der Waals surface area contributed by atoms with E-state index in [2.05, 4.69) is 4.98 Å². The molecule has 2 aromatic heterocycles. The summed E-state index contributed by atoms with van der Waals surface area (Å²) in [5.74, 6) is 0.639. The molecule has 2 heterocycles. The van der Waals surface area contributed by atoms with Crippen LogP contribution in [0, 0.1) is 0 Å². The van der Waals surface area contributed by atoms with Crippen LogP contribution in [0.5, 0.6) is 5.75 Å². The molecule has 0 spiro atoms. The van der Waals surface area contributed by atoms with Crippen LogP contribution in [0.4, 0.5) is 0 Å². The van der Waals surface area contributed by atoms with Crippen molar-refractivity contribution >= 4 is 35.1 Å². The normalized spacial score (nSPS) is 11.7. The second kappa shape index (κ2) is 6.81. The first-order chi connectivity index (χ1) is 10.1. The van der Waals surface area contributed by atoms with Crippen molar-refractivity contribution < 1.29 is 4.74 Å². The van der Waals surface area contributed by atoms with Gasteiger partial charge in [0.05, 0.1) is 11.2 Å². The van der Waals surface area contributed by atoms with Crippen molar-refractivity contribution in [3.8, 4) is 5.75 Å². The van der Waals surface area contributed by atoms with Crippen molar-refractivity contribution in [2.75, 3.05) is 0 Å². The molecule has 0 aliphatic rings. The summed E-state index contributed by atoms with van der Waals surface area (Å²) in [5, 5.41) is 0.877. The largest absolute Gasteiger partial charge is 0.484 e. The number of rotatable bonds is 3. The van der Waals surface area contributed by atoms with Crippen molar-refractivity contribution in [1.29, 1.82) is 0 Å². The summed E-state index contributed by atoms with van der Waals surface area (Å²) in [5.41, 5.74) is 1.20. The van der Waals surface area contributed by atoms with Crippen molar-refractivity contribution in [1.82, 2.24) is 9.07 Å². The Hall–Kier alpha value is -2.04. The van der Waals surface area contributed by atoms with Crippen LogP contribution >= 0.6 is 24.2 Å². The summed E-state index contributed by atoms with van der Waals surface area (Å²) < 4.78 is 6.96. The monoisotopic (exact) mass is 336 g/mol. The SMILES string of the molecule is C[C@@H](Oc1ccc2ccc(=O)n(Cl)c2c1)c1ccccn1.Cl. The van der Waals surface area contributed by atoms with Crippen molar-refractivity contribution in [2.45, 2.75) is 13.0 Å². The quantitative estimate of drug-likeness (QED) is 0.727. The summed E-state index contributed by atoms with van der Waals surface area (Å²) in [6, 6.07) is 14.3. The minimum Gasteiger partial charge on any atom is -0.484 e. The molecule has 3 aromatic rings. The smallest absolute Gasteiger partial charge is 0.265 e. The third-order valence-electron chi connectivity index (χ3n) is 3.23. The molecule has 4 nitrogen and oxygen atoms in total. The first kappa shape index (κ1) is 16.3. The number of hydrogen-bond donors (Lipinski definition) is 0. The number of pyridine rings is 2. The number of fused-ring (bicyclic) bond motifs is 1. The van der Waals surface area contributed by atoms with Gasteiger partial charge in [-0.05, 0) is 37.3 Å². The summed E-state index contributed by atoms with van der Waals surface area (Å²) in [4.78, 5) is 15.8. The molecule has 0 amide bonds. The maximum absolute atomic E-state index is 11.6. The number of hydrogen-bond acceptors (Lipinski definition) is 3. The molecule has 0 unspecified atom stereocenters. The molecule has 0 saturated carbocycles. The maximum atomic E-state index is 11.6.